The number of thiazole rings is 1. The molecule has 1 aliphatic heterocycles. The van der Waals surface area contributed by atoms with Crippen LogP contribution in [0.25, 0.3) is 0 Å². The first kappa shape index (κ1) is 22.1. The SMILES string of the molecule is O=C(Cc1ccn[nH]1)NC1CCC(CCN2CCc3sc(OCC(F)F)nc3C2)CC1. The van der Waals surface area contributed by atoms with E-state index in [0.29, 0.717) is 17.5 Å². The van der Waals surface area contributed by atoms with Crippen molar-refractivity contribution in [2.24, 2.45) is 5.92 Å². The maximum absolute atomic E-state index is 12.3. The molecule has 10 heteroatoms. The molecule has 1 aliphatic carbocycles. The molecule has 0 bridgehead atoms. The van der Waals surface area contributed by atoms with E-state index in [-0.39, 0.29) is 11.9 Å². The Labute approximate surface area is 184 Å². The molecule has 31 heavy (non-hydrogen) atoms. The highest BCUT2D eigenvalue weighted by Crippen LogP contribution is 2.31. The van der Waals surface area contributed by atoms with Gasteiger partial charge in [-0.25, -0.2) is 13.8 Å². The zero-order chi connectivity index (χ0) is 21.6. The zero-order valence-electron chi connectivity index (χ0n) is 17.5. The molecule has 0 aromatic carbocycles. The Balaban J connectivity index is 1.15. The lowest BCUT2D eigenvalue weighted by molar-refractivity contribution is -0.121. The summed E-state index contributed by atoms with van der Waals surface area (Å²) in [6, 6.07) is 2.09. The Morgan fingerprint density at radius 1 is 1.35 bits per heavy atom. The van der Waals surface area contributed by atoms with Crippen LogP contribution in [0.1, 0.15) is 48.4 Å². The third kappa shape index (κ3) is 6.46. The van der Waals surface area contributed by atoms with E-state index < -0.39 is 13.0 Å². The van der Waals surface area contributed by atoms with Gasteiger partial charge in [-0.15, -0.1) is 0 Å². The highest BCUT2D eigenvalue weighted by Gasteiger charge is 2.25. The summed E-state index contributed by atoms with van der Waals surface area (Å²) in [5, 5.41) is 10.2. The Bertz CT molecular complexity index is 837. The zero-order valence-corrected chi connectivity index (χ0v) is 18.3. The number of halogens is 2. The lowest BCUT2D eigenvalue weighted by atomic mass is 9.84. The number of H-pyrrole nitrogens is 1. The monoisotopic (exact) mass is 453 g/mol. The van der Waals surface area contributed by atoms with Crippen molar-refractivity contribution in [3.05, 3.63) is 28.5 Å². The molecule has 0 radical (unpaired) electrons. The van der Waals surface area contributed by atoms with Gasteiger partial charge in [-0.3, -0.25) is 14.8 Å². The largest absolute Gasteiger partial charge is 0.464 e. The van der Waals surface area contributed by atoms with E-state index >= 15 is 0 Å². The quantitative estimate of drug-likeness (QED) is 0.609. The molecule has 2 N–H and O–H groups in total. The van der Waals surface area contributed by atoms with Crippen LogP contribution in [0.2, 0.25) is 0 Å². The highest BCUT2D eigenvalue weighted by molar-refractivity contribution is 7.13. The maximum Gasteiger partial charge on any atom is 0.273 e. The van der Waals surface area contributed by atoms with Gasteiger partial charge in [-0.05, 0) is 57.1 Å². The van der Waals surface area contributed by atoms with Crippen molar-refractivity contribution in [1.29, 1.82) is 0 Å². The molecule has 2 aromatic heterocycles. The molecule has 7 nitrogen and oxygen atoms in total. The van der Waals surface area contributed by atoms with E-state index in [9.17, 15) is 13.6 Å². The highest BCUT2D eigenvalue weighted by atomic mass is 32.1. The first-order valence-electron chi connectivity index (χ1n) is 10.9. The maximum atomic E-state index is 12.3. The van der Waals surface area contributed by atoms with E-state index in [4.69, 9.17) is 4.74 Å². The third-order valence-electron chi connectivity index (χ3n) is 6.09. The number of rotatable bonds is 9. The van der Waals surface area contributed by atoms with Crippen molar-refractivity contribution in [2.75, 3.05) is 19.7 Å². The molecule has 0 unspecified atom stereocenters. The predicted octanol–water partition coefficient (Wildman–Crippen LogP) is 3.18. The minimum atomic E-state index is -2.47. The molecule has 1 saturated carbocycles. The van der Waals surface area contributed by atoms with Gasteiger partial charge >= 0.3 is 0 Å². The van der Waals surface area contributed by atoms with Gasteiger partial charge in [-0.1, -0.05) is 11.3 Å². The van der Waals surface area contributed by atoms with Crippen LogP contribution in [-0.4, -0.2) is 58.2 Å². The van der Waals surface area contributed by atoms with E-state index in [0.717, 1.165) is 74.4 Å². The Morgan fingerprint density at radius 3 is 2.94 bits per heavy atom. The van der Waals surface area contributed by atoms with Crippen LogP contribution in [-0.2, 0) is 24.2 Å². The normalized spacial score (nSPS) is 21.8. The number of hydrogen-bond donors (Lipinski definition) is 2. The van der Waals surface area contributed by atoms with Crippen molar-refractivity contribution < 1.29 is 18.3 Å². The van der Waals surface area contributed by atoms with Gasteiger partial charge in [0.05, 0.1) is 12.1 Å². The summed E-state index contributed by atoms with van der Waals surface area (Å²) in [6.07, 6.45) is 5.90. The van der Waals surface area contributed by atoms with Crippen LogP contribution in [0.15, 0.2) is 12.3 Å². The van der Waals surface area contributed by atoms with Crippen LogP contribution in [0.3, 0.4) is 0 Å². The minimum absolute atomic E-state index is 0.0528. The fourth-order valence-electron chi connectivity index (χ4n) is 4.41. The van der Waals surface area contributed by atoms with Crippen molar-refractivity contribution >= 4 is 17.2 Å². The van der Waals surface area contributed by atoms with Gasteiger partial charge in [0.2, 0.25) is 5.91 Å². The number of nitrogens with one attached hydrogen (secondary N) is 2. The Morgan fingerprint density at radius 2 is 2.19 bits per heavy atom. The molecular weight excluding hydrogens is 424 g/mol. The number of hydrogen-bond acceptors (Lipinski definition) is 6. The minimum Gasteiger partial charge on any atom is -0.464 e. The molecular formula is C21H29F2N5O2S. The van der Waals surface area contributed by atoms with Crippen LogP contribution in [0.4, 0.5) is 8.78 Å². The number of amides is 1. The molecule has 0 saturated heterocycles. The van der Waals surface area contributed by atoms with Crippen molar-refractivity contribution in [2.45, 2.75) is 64.0 Å². The second kappa shape index (κ2) is 10.5. The fourth-order valence-corrected chi connectivity index (χ4v) is 5.33. The number of aromatic amines is 1. The van der Waals surface area contributed by atoms with Gasteiger partial charge in [0.1, 0.15) is 0 Å². The lowest BCUT2D eigenvalue weighted by Crippen LogP contribution is -2.39. The van der Waals surface area contributed by atoms with E-state index in [1.165, 1.54) is 11.3 Å². The Kier molecular flexibility index (Phi) is 7.49. The van der Waals surface area contributed by atoms with E-state index in [1.54, 1.807) is 6.20 Å². The van der Waals surface area contributed by atoms with Gasteiger partial charge in [-0.2, -0.15) is 5.10 Å². The van der Waals surface area contributed by atoms with Crippen molar-refractivity contribution in [1.82, 2.24) is 25.4 Å². The van der Waals surface area contributed by atoms with Crippen LogP contribution < -0.4 is 10.1 Å². The smallest absolute Gasteiger partial charge is 0.273 e. The van der Waals surface area contributed by atoms with Crippen molar-refractivity contribution in [3.63, 3.8) is 0 Å². The topological polar surface area (TPSA) is 83.1 Å². The fraction of sp³-hybridized carbons (Fsp3) is 0.667. The summed E-state index contributed by atoms with van der Waals surface area (Å²) in [6.45, 7) is 2.17. The Hall–Kier alpha value is -2.07. The van der Waals surface area contributed by atoms with Crippen molar-refractivity contribution in [3.8, 4) is 5.19 Å². The molecule has 0 spiro atoms. The number of aromatic nitrogens is 3. The second-order valence-corrected chi connectivity index (χ2v) is 9.46. The third-order valence-corrected chi connectivity index (χ3v) is 7.16. The number of carbonyl (C=O) groups is 1. The summed E-state index contributed by atoms with van der Waals surface area (Å²) in [7, 11) is 0. The van der Waals surface area contributed by atoms with Gasteiger partial charge in [0.15, 0.2) is 6.61 Å². The lowest BCUT2D eigenvalue weighted by Gasteiger charge is -2.32. The molecule has 0 atom stereocenters. The molecule has 3 heterocycles. The van der Waals surface area contributed by atoms with E-state index in [2.05, 4.69) is 25.4 Å². The number of carbonyl (C=O) groups excluding carboxylic acids is 1. The number of fused-ring (bicyclic) bond motifs is 1. The number of alkyl halides is 2. The number of nitrogens with zero attached hydrogens (tertiary/aromatic N) is 3. The van der Waals surface area contributed by atoms with Gasteiger partial charge < -0.3 is 10.1 Å². The molecule has 4 rings (SSSR count). The molecule has 1 fully saturated rings. The number of ether oxygens (including phenoxy) is 1. The summed E-state index contributed by atoms with van der Waals surface area (Å²) in [4.78, 5) is 20.1. The first-order valence-corrected chi connectivity index (χ1v) is 11.8. The molecule has 170 valence electrons. The standard InChI is InChI=1S/C21H29F2N5O2S/c22-19(23)13-30-21-26-17-12-28(10-7-18(17)31-21)9-6-14-1-3-15(4-2-14)25-20(29)11-16-5-8-24-27-16/h5,8,14-15,19H,1-4,6-7,9-13H2,(H,24,27)(H,25,29). The predicted molar refractivity (Wildman–Crippen MR) is 113 cm³/mol. The summed E-state index contributed by atoms with van der Waals surface area (Å²) < 4.78 is 29.7. The van der Waals surface area contributed by atoms with E-state index in [1.807, 2.05) is 6.07 Å². The average molecular weight is 454 g/mol. The first-order chi connectivity index (χ1) is 15.0. The molecule has 2 aromatic rings. The summed E-state index contributed by atoms with van der Waals surface area (Å²) in [5.41, 5.74) is 1.81. The average Bonchev–Trinajstić information content (AvgIpc) is 3.40. The second-order valence-electron chi connectivity index (χ2n) is 8.41. The van der Waals surface area contributed by atoms with Gasteiger partial charge in [0.25, 0.3) is 11.6 Å². The van der Waals surface area contributed by atoms with Crippen LogP contribution in [0.5, 0.6) is 5.19 Å². The molecule has 1 amide bonds. The summed E-state index contributed by atoms with van der Waals surface area (Å²) >= 11 is 1.40. The summed E-state index contributed by atoms with van der Waals surface area (Å²) in [5.74, 6) is 0.736. The van der Waals surface area contributed by atoms with Gasteiger partial charge in [0, 0.05) is 35.9 Å². The van der Waals surface area contributed by atoms with Crippen LogP contribution >= 0.6 is 11.3 Å². The molecule has 2 aliphatic rings. The van der Waals surface area contributed by atoms with Crippen LogP contribution in [0, 0.1) is 5.92 Å².